The van der Waals surface area contributed by atoms with Gasteiger partial charge in [-0.3, -0.25) is 0 Å². The van der Waals surface area contributed by atoms with Gasteiger partial charge in [-0.05, 0) is 38.3 Å². The molecule has 112 valence electrons. The molecule has 0 spiro atoms. The summed E-state index contributed by atoms with van der Waals surface area (Å²) in [5.41, 5.74) is 3.73. The van der Waals surface area contributed by atoms with Crippen molar-refractivity contribution in [3.8, 4) is 0 Å². The molecule has 0 atom stereocenters. The Hall–Kier alpha value is -2.36. The highest BCUT2D eigenvalue weighted by molar-refractivity contribution is 5.87. The number of hydrogen-bond donors (Lipinski definition) is 2. The molecule has 2 heterocycles. The molecule has 4 heteroatoms. The lowest BCUT2D eigenvalue weighted by Gasteiger charge is -2.17. The number of H-pyrrole nitrogens is 1. The summed E-state index contributed by atoms with van der Waals surface area (Å²) in [6.07, 6.45) is 2.48. The molecule has 0 radical (unpaired) electrons. The molecule has 2 aromatic heterocycles. The molecule has 1 saturated carbocycles. The van der Waals surface area contributed by atoms with Gasteiger partial charge in [0.05, 0.1) is 5.39 Å². The van der Waals surface area contributed by atoms with Crippen LogP contribution in [0, 0.1) is 13.8 Å². The first-order valence-corrected chi connectivity index (χ1v) is 7.80. The fourth-order valence-corrected chi connectivity index (χ4v) is 3.15. The number of nitrogens with one attached hydrogen (secondary N) is 2. The van der Waals surface area contributed by atoms with Crippen molar-refractivity contribution in [3.63, 3.8) is 0 Å². The van der Waals surface area contributed by atoms with E-state index in [0.717, 1.165) is 34.9 Å². The van der Waals surface area contributed by atoms with Crippen molar-refractivity contribution in [1.29, 1.82) is 0 Å². The Balaban J connectivity index is 1.62. The lowest BCUT2D eigenvalue weighted by atomic mass is 9.96. The van der Waals surface area contributed by atoms with Gasteiger partial charge in [-0.2, -0.15) is 0 Å². The van der Waals surface area contributed by atoms with Crippen LogP contribution in [-0.2, 0) is 5.41 Å². The number of fused-ring (bicyclic) bond motifs is 1. The summed E-state index contributed by atoms with van der Waals surface area (Å²) in [5, 5.41) is 4.65. The summed E-state index contributed by atoms with van der Waals surface area (Å²) in [6, 6.07) is 12.9. The Kier molecular flexibility index (Phi) is 2.93. The predicted octanol–water partition coefficient (Wildman–Crippen LogP) is 3.72. The van der Waals surface area contributed by atoms with Crippen molar-refractivity contribution in [2.24, 2.45) is 0 Å². The topological polar surface area (TPSA) is 53.6 Å². The minimum Gasteiger partial charge on any atom is -0.369 e. The third-order valence-electron chi connectivity index (χ3n) is 4.57. The van der Waals surface area contributed by atoms with Gasteiger partial charge >= 0.3 is 0 Å². The molecular weight excluding hydrogens is 272 g/mol. The summed E-state index contributed by atoms with van der Waals surface area (Å²) in [6.45, 7) is 4.91. The van der Waals surface area contributed by atoms with Gasteiger partial charge in [0.15, 0.2) is 0 Å². The zero-order valence-corrected chi connectivity index (χ0v) is 13.0. The van der Waals surface area contributed by atoms with E-state index in [1.807, 2.05) is 13.8 Å². The summed E-state index contributed by atoms with van der Waals surface area (Å²) in [5.74, 6) is 1.73. The molecule has 1 aliphatic carbocycles. The highest BCUT2D eigenvalue weighted by Gasteiger charge is 2.43. The van der Waals surface area contributed by atoms with Crippen molar-refractivity contribution in [2.75, 3.05) is 11.9 Å². The summed E-state index contributed by atoms with van der Waals surface area (Å²) < 4.78 is 0. The fourth-order valence-electron chi connectivity index (χ4n) is 3.15. The van der Waals surface area contributed by atoms with E-state index < -0.39 is 0 Å². The van der Waals surface area contributed by atoms with Gasteiger partial charge in [0.2, 0.25) is 0 Å². The van der Waals surface area contributed by atoms with Gasteiger partial charge in [0.25, 0.3) is 0 Å². The second-order valence-electron chi connectivity index (χ2n) is 6.33. The Labute approximate surface area is 130 Å². The number of nitrogens with zero attached hydrogens (tertiary/aromatic N) is 2. The smallest absolute Gasteiger partial charge is 0.143 e. The second kappa shape index (κ2) is 4.83. The largest absolute Gasteiger partial charge is 0.369 e. The van der Waals surface area contributed by atoms with Crippen LogP contribution in [0.15, 0.2) is 36.4 Å². The summed E-state index contributed by atoms with van der Waals surface area (Å²) >= 11 is 0. The first-order chi connectivity index (χ1) is 10.7. The van der Waals surface area contributed by atoms with Crippen molar-refractivity contribution >= 4 is 16.9 Å². The van der Waals surface area contributed by atoms with Crippen LogP contribution < -0.4 is 5.32 Å². The second-order valence-corrected chi connectivity index (χ2v) is 6.33. The van der Waals surface area contributed by atoms with Crippen LogP contribution in [0.5, 0.6) is 0 Å². The van der Waals surface area contributed by atoms with Crippen molar-refractivity contribution in [1.82, 2.24) is 15.0 Å². The van der Waals surface area contributed by atoms with E-state index in [-0.39, 0.29) is 5.41 Å². The first kappa shape index (κ1) is 13.3. The Morgan fingerprint density at radius 2 is 1.91 bits per heavy atom. The van der Waals surface area contributed by atoms with Gasteiger partial charge in [0, 0.05) is 17.7 Å². The lowest BCUT2D eigenvalue weighted by molar-refractivity contribution is 0.730. The highest BCUT2D eigenvalue weighted by Crippen LogP contribution is 2.48. The maximum Gasteiger partial charge on any atom is 0.143 e. The monoisotopic (exact) mass is 292 g/mol. The van der Waals surface area contributed by atoms with Crippen molar-refractivity contribution in [2.45, 2.75) is 32.1 Å². The normalized spacial score (nSPS) is 15.9. The number of aryl methyl sites for hydroxylation is 2. The van der Waals surface area contributed by atoms with Gasteiger partial charge < -0.3 is 10.3 Å². The quantitative estimate of drug-likeness (QED) is 0.770. The van der Waals surface area contributed by atoms with Crippen LogP contribution >= 0.6 is 0 Å². The molecular formula is C18H20N4. The molecule has 4 rings (SSSR count). The number of benzene rings is 1. The Bertz CT molecular complexity index is 816. The minimum atomic E-state index is 0.276. The average Bonchev–Trinajstić information content (AvgIpc) is 3.22. The van der Waals surface area contributed by atoms with Crippen LogP contribution in [0.25, 0.3) is 11.0 Å². The Morgan fingerprint density at radius 1 is 1.14 bits per heavy atom. The maximum atomic E-state index is 4.60. The van der Waals surface area contributed by atoms with E-state index in [4.69, 9.17) is 0 Å². The molecule has 1 aromatic carbocycles. The number of aromatic nitrogens is 3. The molecule has 1 aliphatic rings. The van der Waals surface area contributed by atoms with Gasteiger partial charge in [-0.1, -0.05) is 30.3 Å². The molecule has 3 aromatic rings. The van der Waals surface area contributed by atoms with Crippen LogP contribution in [0.1, 0.15) is 29.9 Å². The molecule has 4 nitrogen and oxygen atoms in total. The van der Waals surface area contributed by atoms with E-state index >= 15 is 0 Å². The molecule has 0 unspecified atom stereocenters. The van der Waals surface area contributed by atoms with E-state index in [9.17, 15) is 0 Å². The zero-order chi connectivity index (χ0) is 15.2. The number of aromatic amines is 1. The van der Waals surface area contributed by atoms with Crippen LogP contribution in [0.4, 0.5) is 5.82 Å². The number of anilines is 1. The molecule has 22 heavy (non-hydrogen) atoms. The van der Waals surface area contributed by atoms with Crippen molar-refractivity contribution in [3.05, 3.63) is 53.5 Å². The zero-order valence-electron chi connectivity index (χ0n) is 13.0. The van der Waals surface area contributed by atoms with E-state index in [1.165, 1.54) is 18.4 Å². The molecule has 2 N–H and O–H groups in total. The minimum absolute atomic E-state index is 0.276. The highest BCUT2D eigenvalue weighted by atomic mass is 15.1. The SMILES string of the molecule is Cc1nc(NCC2(c3ccccc3)CC2)c2cc(C)[nH]c2n1. The lowest BCUT2D eigenvalue weighted by Crippen LogP contribution is -2.20. The maximum absolute atomic E-state index is 4.60. The van der Waals surface area contributed by atoms with Gasteiger partial charge in [-0.25, -0.2) is 9.97 Å². The van der Waals surface area contributed by atoms with Crippen LogP contribution in [0.3, 0.4) is 0 Å². The van der Waals surface area contributed by atoms with E-state index in [1.54, 1.807) is 0 Å². The fraction of sp³-hybridized carbons (Fsp3) is 0.333. The van der Waals surface area contributed by atoms with E-state index in [0.29, 0.717) is 0 Å². The van der Waals surface area contributed by atoms with Crippen LogP contribution in [0.2, 0.25) is 0 Å². The summed E-state index contributed by atoms with van der Waals surface area (Å²) in [7, 11) is 0. The standard InChI is InChI=1S/C18H20N4/c1-12-10-15-16(21-13(2)22-17(15)20-12)19-11-18(8-9-18)14-6-4-3-5-7-14/h3-7,10H,8-9,11H2,1-2H3,(H2,19,20,21,22). The molecule has 0 aliphatic heterocycles. The molecule has 0 amide bonds. The summed E-state index contributed by atoms with van der Waals surface area (Å²) in [4.78, 5) is 12.4. The van der Waals surface area contributed by atoms with Gasteiger partial charge in [0.1, 0.15) is 17.3 Å². The molecule has 0 bridgehead atoms. The number of rotatable bonds is 4. The third kappa shape index (κ3) is 2.25. The van der Waals surface area contributed by atoms with Crippen LogP contribution in [-0.4, -0.2) is 21.5 Å². The van der Waals surface area contributed by atoms with Gasteiger partial charge in [-0.15, -0.1) is 0 Å². The third-order valence-corrected chi connectivity index (χ3v) is 4.57. The number of hydrogen-bond acceptors (Lipinski definition) is 3. The first-order valence-electron chi connectivity index (χ1n) is 7.80. The predicted molar refractivity (Wildman–Crippen MR) is 89.2 cm³/mol. The molecule has 0 saturated heterocycles. The average molecular weight is 292 g/mol. The Morgan fingerprint density at radius 3 is 2.64 bits per heavy atom. The van der Waals surface area contributed by atoms with E-state index in [2.05, 4.69) is 56.7 Å². The molecule has 1 fully saturated rings. The van der Waals surface area contributed by atoms with Crippen molar-refractivity contribution < 1.29 is 0 Å².